The lowest BCUT2D eigenvalue weighted by atomic mass is 10.1. The molecule has 4 nitrogen and oxygen atoms in total. The van der Waals surface area contributed by atoms with Gasteiger partial charge in [-0.25, -0.2) is 9.97 Å². The Labute approximate surface area is 88.6 Å². The minimum Gasteiger partial charge on any atom is -0.351 e. The molecule has 15 heavy (non-hydrogen) atoms. The molecule has 2 fully saturated rings. The molecule has 0 amide bonds. The predicted octanol–water partition coefficient (Wildman–Crippen LogP) is 1.34. The standard InChI is InChI=1S/C11H12N4/c12-6-10-11(14-4-3-13-10)15-7-8-1-2-9(15)5-8/h3-4,8-9H,1-2,5,7H2. The minimum atomic E-state index is 0.463. The third kappa shape index (κ3) is 1.27. The van der Waals surface area contributed by atoms with Gasteiger partial charge in [0.25, 0.3) is 0 Å². The maximum atomic E-state index is 8.97. The zero-order chi connectivity index (χ0) is 10.3. The lowest BCUT2D eigenvalue weighted by molar-refractivity contribution is 0.549. The number of nitriles is 1. The number of hydrogen-bond acceptors (Lipinski definition) is 4. The van der Waals surface area contributed by atoms with Gasteiger partial charge >= 0.3 is 0 Å². The zero-order valence-corrected chi connectivity index (χ0v) is 8.43. The van der Waals surface area contributed by atoms with Crippen LogP contribution in [-0.2, 0) is 0 Å². The number of aromatic nitrogens is 2. The highest BCUT2D eigenvalue weighted by atomic mass is 15.3. The van der Waals surface area contributed by atoms with E-state index in [0.717, 1.165) is 18.3 Å². The van der Waals surface area contributed by atoms with E-state index in [-0.39, 0.29) is 0 Å². The van der Waals surface area contributed by atoms with E-state index in [0.29, 0.717) is 11.7 Å². The first-order valence-electron chi connectivity index (χ1n) is 5.36. The molecule has 1 saturated carbocycles. The van der Waals surface area contributed by atoms with Gasteiger partial charge in [0.1, 0.15) is 6.07 Å². The third-order valence-corrected chi connectivity index (χ3v) is 3.47. The molecule has 1 aromatic rings. The Morgan fingerprint density at radius 3 is 2.87 bits per heavy atom. The highest BCUT2D eigenvalue weighted by molar-refractivity contribution is 5.51. The quantitative estimate of drug-likeness (QED) is 0.686. The molecule has 0 N–H and O–H groups in total. The molecule has 1 aliphatic heterocycles. The summed E-state index contributed by atoms with van der Waals surface area (Å²) >= 11 is 0. The molecule has 2 heterocycles. The van der Waals surface area contributed by atoms with E-state index in [2.05, 4.69) is 20.9 Å². The van der Waals surface area contributed by atoms with Gasteiger partial charge in [0.2, 0.25) is 0 Å². The first kappa shape index (κ1) is 8.66. The summed E-state index contributed by atoms with van der Waals surface area (Å²) in [7, 11) is 0. The third-order valence-electron chi connectivity index (χ3n) is 3.47. The van der Waals surface area contributed by atoms with Crippen LogP contribution in [0.5, 0.6) is 0 Å². The first-order chi connectivity index (χ1) is 7.38. The SMILES string of the molecule is N#Cc1nccnc1N1CC2CCC1C2. The predicted molar refractivity (Wildman–Crippen MR) is 55.2 cm³/mol. The average molecular weight is 200 g/mol. The smallest absolute Gasteiger partial charge is 0.183 e. The van der Waals surface area contributed by atoms with Crippen LogP contribution >= 0.6 is 0 Å². The summed E-state index contributed by atoms with van der Waals surface area (Å²) in [5.41, 5.74) is 0.463. The molecule has 3 rings (SSSR count). The van der Waals surface area contributed by atoms with Crippen molar-refractivity contribution in [2.45, 2.75) is 25.3 Å². The maximum absolute atomic E-state index is 8.97. The normalized spacial score (nSPS) is 28.1. The second-order valence-corrected chi connectivity index (χ2v) is 4.33. The molecule has 1 aliphatic carbocycles. The fourth-order valence-corrected chi connectivity index (χ4v) is 2.80. The van der Waals surface area contributed by atoms with Crippen LogP contribution in [0.2, 0.25) is 0 Å². The van der Waals surface area contributed by atoms with Crippen molar-refractivity contribution in [3.63, 3.8) is 0 Å². The summed E-state index contributed by atoms with van der Waals surface area (Å²) in [6.45, 7) is 1.05. The van der Waals surface area contributed by atoms with E-state index >= 15 is 0 Å². The van der Waals surface area contributed by atoms with Crippen LogP contribution in [0.15, 0.2) is 12.4 Å². The van der Waals surface area contributed by atoms with Gasteiger partial charge in [-0.15, -0.1) is 0 Å². The molecule has 4 heteroatoms. The van der Waals surface area contributed by atoms with Crippen molar-refractivity contribution < 1.29 is 0 Å². The topological polar surface area (TPSA) is 52.8 Å². The van der Waals surface area contributed by atoms with Gasteiger partial charge in [0.05, 0.1) is 0 Å². The molecule has 2 unspecified atom stereocenters. The van der Waals surface area contributed by atoms with Gasteiger partial charge in [0, 0.05) is 25.0 Å². The molecule has 1 aromatic heterocycles. The van der Waals surface area contributed by atoms with Gasteiger partial charge in [0.15, 0.2) is 11.5 Å². The molecule has 2 atom stereocenters. The van der Waals surface area contributed by atoms with Crippen molar-refractivity contribution in [1.29, 1.82) is 5.26 Å². The van der Waals surface area contributed by atoms with Crippen molar-refractivity contribution in [2.75, 3.05) is 11.4 Å². The van der Waals surface area contributed by atoms with Gasteiger partial charge in [-0.2, -0.15) is 5.26 Å². The van der Waals surface area contributed by atoms with Crippen molar-refractivity contribution in [3.8, 4) is 6.07 Å². The number of fused-ring (bicyclic) bond motifs is 2. The van der Waals surface area contributed by atoms with E-state index in [1.807, 2.05) is 0 Å². The summed E-state index contributed by atoms with van der Waals surface area (Å²) in [5, 5.41) is 8.97. The van der Waals surface area contributed by atoms with Crippen molar-refractivity contribution >= 4 is 5.82 Å². The van der Waals surface area contributed by atoms with E-state index in [1.54, 1.807) is 12.4 Å². The lowest BCUT2D eigenvalue weighted by Crippen LogP contribution is -2.33. The summed E-state index contributed by atoms with van der Waals surface area (Å²) in [4.78, 5) is 10.6. The number of hydrogen-bond donors (Lipinski definition) is 0. The van der Waals surface area contributed by atoms with Crippen LogP contribution < -0.4 is 4.90 Å². The Kier molecular flexibility index (Phi) is 1.84. The molecule has 76 valence electrons. The number of piperidine rings is 1. The second-order valence-electron chi connectivity index (χ2n) is 4.33. The summed E-state index contributed by atoms with van der Waals surface area (Å²) in [6, 6.07) is 2.71. The summed E-state index contributed by atoms with van der Waals surface area (Å²) < 4.78 is 0. The molecule has 0 spiro atoms. The Hall–Kier alpha value is -1.63. The molecule has 0 radical (unpaired) electrons. The fraction of sp³-hybridized carbons (Fsp3) is 0.545. The molecule has 0 aromatic carbocycles. The first-order valence-corrected chi connectivity index (χ1v) is 5.36. The largest absolute Gasteiger partial charge is 0.351 e. The van der Waals surface area contributed by atoms with Crippen molar-refractivity contribution in [1.82, 2.24) is 9.97 Å². The second kappa shape index (κ2) is 3.20. The summed E-state index contributed by atoms with van der Waals surface area (Å²) in [5.74, 6) is 1.59. The van der Waals surface area contributed by atoms with Crippen LogP contribution in [0, 0.1) is 17.2 Å². The lowest BCUT2D eigenvalue weighted by Gasteiger charge is -2.27. The van der Waals surface area contributed by atoms with E-state index in [4.69, 9.17) is 5.26 Å². The van der Waals surface area contributed by atoms with E-state index in [1.165, 1.54) is 19.3 Å². The van der Waals surface area contributed by atoms with Crippen molar-refractivity contribution in [3.05, 3.63) is 18.1 Å². The highest BCUT2D eigenvalue weighted by Gasteiger charge is 2.39. The Bertz CT molecular complexity index is 423. The Morgan fingerprint density at radius 1 is 1.33 bits per heavy atom. The van der Waals surface area contributed by atoms with Gasteiger partial charge in [-0.05, 0) is 25.2 Å². The monoisotopic (exact) mass is 200 g/mol. The number of nitrogens with zero attached hydrogens (tertiary/aromatic N) is 4. The Balaban J connectivity index is 1.97. The van der Waals surface area contributed by atoms with Crippen LogP contribution in [0.4, 0.5) is 5.82 Å². The van der Waals surface area contributed by atoms with Gasteiger partial charge < -0.3 is 4.90 Å². The number of anilines is 1. The van der Waals surface area contributed by atoms with Crippen molar-refractivity contribution in [2.24, 2.45) is 5.92 Å². The van der Waals surface area contributed by atoms with Crippen LogP contribution in [0.25, 0.3) is 0 Å². The average Bonchev–Trinajstić information content (AvgIpc) is 2.90. The van der Waals surface area contributed by atoms with E-state index in [9.17, 15) is 0 Å². The molecule has 1 saturated heterocycles. The highest BCUT2D eigenvalue weighted by Crippen LogP contribution is 2.39. The van der Waals surface area contributed by atoms with Gasteiger partial charge in [-0.3, -0.25) is 0 Å². The molecule has 2 aliphatic rings. The zero-order valence-electron chi connectivity index (χ0n) is 8.43. The molecular weight excluding hydrogens is 188 g/mol. The maximum Gasteiger partial charge on any atom is 0.183 e. The fourth-order valence-electron chi connectivity index (χ4n) is 2.80. The molecule has 2 bridgehead atoms. The Morgan fingerprint density at radius 2 is 2.20 bits per heavy atom. The van der Waals surface area contributed by atoms with Crippen LogP contribution in [0.1, 0.15) is 25.0 Å². The van der Waals surface area contributed by atoms with E-state index < -0.39 is 0 Å². The van der Waals surface area contributed by atoms with Crippen LogP contribution in [0.3, 0.4) is 0 Å². The van der Waals surface area contributed by atoms with Crippen LogP contribution in [-0.4, -0.2) is 22.6 Å². The minimum absolute atomic E-state index is 0.463. The summed E-state index contributed by atoms with van der Waals surface area (Å²) in [6.07, 6.45) is 7.09. The molecular formula is C11H12N4. The number of rotatable bonds is 1. The van der Waals surface area contributed by atoms with Gasteiger partial charge in [-0.1, -0.05) is 0 Å².